The maximum absolute atomic E-state index is 12.7. The number of nitrogens with zero attached hydrogens (tertiary/aromatic N) is 2. The van der Waals surface area contributed by atoms with Gasteiger partial charge >= 0.3 is 0 Å². The van der Waals surface area contributed by atoms with Crippen molar-refractivity contribution in [3.05, 3.63) is 94.6 Å². The first kappa shape index (κ1) is 22.5. The predicted octanol–water partition coefficient (Wildman–Crippen LogP) is 5.54. The Kier molecular flexibility index (Phi) is 7.44. The van der Waals surface area contributed by atoms with Crippen LogP contribution in [0.3, 0.4) is 0 Å². The Morgan fingerprint density at radius 3 is 2.16 bits per heavy atom. The zero-order valence-corrected chi connectivity index (χ0v) is 19.5. The van der Waals surface area contributed by atoms with Gasteiger partial charge in [0.15, 0.2) is 16.3 Å². The van der Waals surface area contributed by atoms with Crippen molar-refractivity contribution >= 4 is 34.2 Å². The molecule has 0 unspecified atom stereocenters. The number of para-hydroxylation sites is 1. The summed E-state index contributed by atoms with van der Waals surface area (Å²) >= 11 is 1.42. The van der Waals surface area contributed by atoms with Crippen LogP contribution in [0.25, 0.3) is 16.9 Å². The van der Waals surface area contributed by atoms with Crippen molar-refractivity contribution in [3.8, 4) is 28.4 Å². The average molecular weight is 497 g/mol. The van der Waals surface area contributed by atoms with E-state index in [1.807, 2.05) is 76.7 Å². The van der Waals surface area contributed by atoms with Gasteiger partial charge in [0.1, 0.15) is 0 Å². The average Bonchev–Trinajstić information content (AvgIpc) is 3.23. The summed E-state index contributed by atoms with van der Waals surface area (Å²) in [7, 11) is 3.22. The topological polar surface area (TPSA) is 52.8 Å². The van der Waals surface area contributed by atoms with Gasteiger partial charge in [-0.15, -0.1) is 28.3 Å². The summed E-state index contributed by atoms with van der Waals surface area (Å²) < 4.78 is 12.8. The third kappa shape index (κ3) is 4.78. The van der Waals surface area contributed by atoms with E-state index in [-0.39, 0.29) is 22.9 Å². The molecule has 3 aromatic carbocycles. The Morgan fingerprint density at radius 1 is 0.871 bits per heavy atom. The Bertz CT molecular complexity index is 1230. The van der Waals surface area contributed by atoms with E-state index in [0.29, 0.717) is 21.9 Å². The third-order valence-electron chi connectivity index (χ3n) is 4.62. The molecule has 158 valence electrons. The van der Waals surface area contributed by atoms with Crippen LogP contribution >= 0.6 is 28.3 Å². The molecule has 0 atom stereocenters. The van der Waals surface area contributed by atoms with Crippen LogP contribution in [-0.2, 0) is 0 Å². The first-order valence-corrected chi connectivity index (χ1v) is 10.2. The number of amides is 1. The van der Waals surface area contributed by atoms with Gasteiger partial charge in [-0.3, -0.25) is 9.36 Å². The highest BCUT2D eigenvalue weighted by Gasteiger charge is 2.14. The highest BCUT2D eigenvalue weighted by Crippen LogP contribution is 2.33. The molecule has 0 aliphatic heterocycles. The van der Waals surface area contributed by atoms with E-state index in [1.54, 1.807) is 26.4 Å². The second-order valence-electron chi connectivity index (χ2n) is 6.43. The molecule has 5 nitrogen and oxygen atoms in total. The zero-order chi connectivity index (χ0) is 20.9. The molecule has 7 heteroatoms. The van der Waals surface area contributed by atoms with Crippen molar-refractivity contribution in [2.75, 3.05) is 14.2 Å². The van der Waals surface area contributed by atoms with Crippen molar-refractivity contribution in [3.63, 3.8) is 0 Å². The van der Waals surface area contributed by atoms with Gasteiger partial charge in [0.2, 0.25) is 0 Å². The lowest BCUT2D eigenvalue weighted by Crippen LogP contribution is -2.16. The fourth-order valence-corrected chi connectivity index (χ4v) is 4.05. The molecule has 1 amide bonds. The van der Waals surface area contributed by atoms with E-state index < -0.39 is 0 Å². The summed E-state index contributed by atoms with van der Waals surface area (Å²) in [6.45, 7) is 0. The van der Waals surface area contributed by atoms with Crippen molar-refractivity contribution in [1.82, 2.24) is 4.57 Å². The summed E-state index contributed by atoms with van der Waals surface area (Å²) in [6.07, 6.45) is 0. The van der Waals surface area contributed by atoms with E-state index in [0.717, 1.165) is 16.9 Å². The highest BCUT2D eigenvalue weighted by molar-refractivity contribution is 8.93. The fourth-order valence-electron chi connectivity index (χ4n) is 3.14. The third-order valence-corrected chi connectivity index (χ3v) is 5.45. The molecule has 4 rings (SSSR count). The molecule has 0 saturated heterocycles. The van der Waals surface area contributed by atoms with Crippen LogP contribution in [0.5, 0.6) is 11.5 Å². The van der Waals surface area contributed by atoms with Crippen molar-refractivity contribution in [2.45, 2.75) is 0 Å². The molecular weight excluding hydrogens is 476 g/mol. The second-order valence-corrected chi connectivity index (χ2v) is 7.26. The van der Waals surface area contributed by atoms with E-state index in [4.69, 9.17) is 9.47 Å². The van der Waals surface area contributed by atoms with Crippen LogP contribution in [0, 0.1) is 0 Å². The minimum Gasteiger partial charge on any atom is -0.493 e. The largest absolute Gasteiger partial charge is 0.493 e. The summed E-state index contributed by atoms with van der Waals surface area (Å²) in [5, 5.41) is 1.99. The molecule has 0 aliphatic carbocycles. The van der Waals surface area contributed by atoms with Gasteiger partial charge < -0.3 is 9.47 Å². The smallest absolute Gasteiger partial charge is 0.279 e. The quantitative estimate of drug-likeness (QED) is 0.364. The molecule has 0 saturated carbocycles. The number of rotatable bonds is 5. The lowest BCUT2D eigenvalue weighted by atomic mass is 10.1. The summed E-state index contributed by atoms with van der Waals surface area (Å²) in [5.74, 6) is 1.02. The maximum atomic E-state index is 12.7. The van der Waals surface area contributed by atoms with Gasteiger partial charge in [0, 0.05) is 22.2 Å². The molecular formula is C24H21BrN2O3S. The fraction of sp³-hybridized carbons (Fsp3) is 0.0833. The number of halogens is 1. The van der Waals surface area contributed by atoms with Crippen LogP contribution in [0.4, 0.5) is 0 Å². The number of thiazole rings is 1. The van der Waals surface area contributed by atoms with E-state index in [1.165, 1.54) is 11.3 Å². The molecule has 4 aromatic rings. The Hall–Kier alpha value is -3.16. The summed E-state index contributed by atoms with van der Waals surface area (Å²) in [5.41, 5.74) is 3.31. The van der Waals surface area contributed by atoms with E-state index in [9.17, 15) is 4.79 Å². The minimum absolute atomic E-state index is 0. The SMILES string of the molecule is Br.COc1ccc(-c2csc(=NC(=O)c3ccccc3)n2-c2ccccc2)cc1OC. The Balaban J connectivity index is 0.00000272. The van der Waals surface area contributed by atoms with Crippen LogP contribution in [0.2, 0.25) is 0 Å². The number of hydrogen-bond acceptors (Lipinski definition) is 4. The first-order chi connectivity index (χ1) is 14.7. The van der Waals surface area contributed by atoms with Crippen molar-refractivity contribution in [2.24, 2.45) is 4.99 Å². The Morgan fingerprint density at radius 2 is 1.52 bits per heavy atom. The molecule has 0 bridgehead atoms. The van der Waals surface area contributed by atoms with Crippen LogP contribution in [-0.4, -0.2) is 24.7 Å². The van der Waals surface area contributed by atoms with Crippen LogP contribution in [0.1, 0.15) is 10.4 Å². The molecule has 1 heterocycles. The monoisotopic (exact) mass is 496 g/mol. The molecule has 0 N–H and O–H groups in total. The molecule has 0 radical (unpaired) electrons. The number of ether oxygens (including phenoxy) is 2. The molecule has 0 spiro atoms. The normalized spacial score (nSPS) is 11.0. The van der Waals surface area contributed by atoms with Gasteiger partial charge in [-0.05, 0) is 42.5 Å². The number of methoxy groups -OCH3 is 2. The minimum atomic E-state index is -0.277. The van der Waals surface area contributed by atoms with E-state index >= 15 is 0 Å². The number of carbonyl (C=O) groups excluding carboxylic acids is 1. The molecule has 1 aromatic heterocycles. The number of benzene rings is 3. The lowest BCUT2D eigenvalue weighted by Gasteiger charge is -2.12. The standard InChI is InChI=1S/C24H20N2O3S.BrH/c1-28-21-14-13-18(15-22(21)29-2)20-16-30-24(26(20)19-11-7-4-8-12-19)25-23(27)17-9-5-3-6-10-17;/h3-16H,1-2H3;1H. The van der Waals surface area contributed by atoms with Gasteiger partial charge in [0.05, 0.1) is 19.9 Å². The lowest BCUT2D eigenvalue weighted by molar-refractivity contribution is 0.0998. The molecule has 0 fully saturated rings. The predicted molar refractivity (Wildman–Crippen MR) is 129 cm³/mol. The van der Waals surface area contributed by atoms with Crippen molar-refractivity contribution in [1.29, 1.82) is 0 Å². The van der Waals surface area contributed by atoms with Gasteiger partial charge in [0.25, 0.3) is 5.91 Å². The highest BCUT2D eigenvalue weighted by atomic mass is 79.9. The number of aromatic nitrogens is 1. The zero-order valence-electron chi connectivity index (χ0n) is 17.0. The second kappa shape index (κ2) is 10.2. The number of carbonyl (C=O) groups is 1. The van der Waals surface area contributed by atoms with E-state index in [2.05, 4.69) is 4.99 Å². The van der Waals surface area contributed by atoms with Gasteiger partial charge in [-0.1, -0.05) is 36.4 Å². The van der Waals surface area contributed by atoms with Gasteiger partial charge in [-0.2, -0.15) is 4.99 Å². The summed E-state index contributed by atoms with van der Waals surface area (Å²) in [4.78, 5) is 17.7. The number of hydrogen-bond donors (Lipinski definition) is 0. The first-order valence-electron chi connectivity index (χ1n) is 9.33. The molecule has 31 heavy (non-hydrogen) atoms. The van der Waals surface area contributed by atoms with Crippen molar-refractivity contribution < 1.29 is 14.3 Å². The molecule has 0 aliphatic rings. The summed E-state index contributed by atoms with van der Waals surface area (Å²) in [6, 6.07) is 24.7. The van der Waals surface area contributed by atoms with Crippen LogP contribution < -0.4 is 14.3 Å². The van der Waals surface area contributed by atoms with Gasteiger partial charge in [-0.25, -0.2) is 0 Å². The Labute approximate surface area is 195 Å². The van der Waals surface area contributed by atoms with Crippen LogP contribution in [0.15, 0.2) is 89.2 Å². The maximum Gasteiger partial charge on any atom is 0.279 e.